The van der Waals surface area contributed by atoms with Crippen molar-refractivity contribution in [3.63, 3.8) is 0 Å². The number of hydrogen-bond acceptors (Lipinski definition) is 5. The van der Waals surface area contributed by atoms with Gasteiger partial charge in [0.1, 0.15) is 11.5 Å². The monoisotopic (exact) mass is 365 g/mol. The van der Waals surface area contributed by atoms with Crippen LogP contribution in [0.1, 0.15) is 30.1 Å². The largest absolute Gasteiger partial charge is 0.465 e. The van der Waals surface area contributed by atoms with Crippen molar-refractivity contribution in [2.45, 2.75) is 25.8 Å². The molecular formula is C21H20FN3O2. The number of benzene rings is 2. The van der Waals surface area contributed by atoms with E-state index in [2.05, 4.69) is 11.8 Å². The number of nitrogens with zero attached hydrogens (tertiary/aromatic N) is 3. The Kier molecular flexibility index (Phi) is 4.48. The zero-order valence-corrected chi connectivity index (χ0v) is 15.3. The van der Waals surface area contributed by atoms with Gasteiger partial charge in [0.2, 0.25) is 0 Å². The molecule has 0 radical (unpaired) electrons. The smallest absolute Gasteiger partial charge is 0.337 e. The van der Waals surface area contributed by atoms with E-state index in [9.17, 15) is 9.18 Å². The molecule has 0 N–H and O–H groups in total. The summed E-state index contributed by atoms with van der Waals surface area (Å²) in [5, 5.41) is 0. The van der Waals surface area contributed by atoms with Crippen LogP contribution >= 0.6 is 0 Å². The van der Waals surface area contributed by atoms with Crippen LogP contribution in [0.15, 0.2) is 42.5 Å². The van der Waals surface area contributed by atoms with Crippen molar-refractivity contribution in [2.75, 3.05) is 18.6 Å². The fraction of sp³-hybridized carbons (Fsp3) is 0.286. The van der Waals surface area contributed by atoms with Crippen LogP contribution in [0.5, 0.6) is 0 Å². The molecule has 1 aromatic heterocycles. The number of anilines is 1. The topological polar surface area (TPSA) is 55.3 Å². The second-order valence-electron chi connectivity index (χ2n) is 6.78. The fourth-order valence-electron chi connectivity index (χ4n) is 3.54. The van der Waals surface area contributed by atoms with Crippen LogP contribution in [-0.4, -0.2) is 35.6 Å². The minimum Gasteiger partial charge on any atom is -0.465 e. The Morgan fingerprint density at radius 1 is 1.15 bits per heavy atom. The third kappa shape index (κ3) is 3.23. The van der Waals surface area contributed by atoms with Gasteiger partial charge in [-0.3, -0.25) is 0 Å². The van der Waals surface area contributed by atoms with E-state index in [1.165, 1.54) is 19.2 Å². The molecule has 1 saturated heterocycles. The molecule has 27 heavy (non-hydrogen) atoms. The first-order valence-electron chi connectivity index (χ1n) is 8.99. The van der Waals surface area contributed by atoms with E-state index in [4.69, 9.17) is 14.7 Å². The van der Waals surface area contributed by atoms with E-state index in [0.717, 1.165) is 36.5 Å². The summed E-state index contributed by atoms with van der Waals surface area (Å²) in [7, 11) is 1.35. The minimum atomic E-state index is -0.405. The highest BCUT2D eigenvalue weighted by molar-refractivity contribution is 5.94. The first-order valence-corrected chi connectivity index (χ1v) is 8.99. The molecule has 1 atom stereocenters. The summed E-state index contributed by atoms with van der Waals surface area (Å²) in [6.07, 6.45) is 2.18. The molecule has 1 aliphatic heterocycles. The fourth-order valence-corrected chi connectivity index (χ4v) is 3.54. The van der Waals surface area contributed by atoms with Crippen molar-refractivity contribution in [3.05, 3.63) is 53.8 Å². The lowest BCUT2D eigenvalue weighted by Crippen LogP contribution is -2.28. The van der Waals surface area contributed by atoms with Gasteiger partial charge >= 0.3 is 5.97 Å². The molecule has 0 saturated carbocycles. The van der Waals surface area contributed by atoms with Crippen molar-refractivity contribution >= 4 is 22.8 Å². The summed E-state index contributed by atoms with van der Waals surface area (Å²) in [6, 6.07) is 11.8. The number of esters is 1. The molecule has 2 aromatic carbocycles. The quantitative estimate of drug-likeness (QED) is 0.651. The lowest BCUT2D eigenvalue weighted by Gasteiger charge is -2.25. The molecule has 1 unspecified atom stereocenters. The molecule has 1 fully saturated rings. The Balaban J connectivity index is 1.91. The summed E-state index contributed by atoms with van der Waals surface area (Å²) in [4.78, 5) is 23.7. The lowest BCUT2D eigenvalue weighted by atomic mass is 10.1. The van der Waals surface area contributed by atoms with Crippen molar-refractivity contribution in [2.24, 2.45) is 0 Å². The van der Waals surface area contributed by atoms with Gasteiger partial charge in [-0.15, -0.1) is 0 Å². The van der Waals surface area contributed by atoms with Gasteiger partial charge in [-0.2, -0.15) is 0 Å². The highest BCUT2D eigenvalue weighted by atomic mass is 19.1. The minimum absolute atomic E-state index is 0.286. The summed E-state index contributed by atoms with van der Waals surface area (Å²) in [6.45, 7) is 3.06. The van der Waals surface area contributed by atoms with Crippen LogP contribution < -0.4 is 4.90 Å². The Bertz CT molecular complexity index is 1000. The molecule has 0 bridgehead atoms. The van der Waals surface area contributed by atoms with E-state index in [-0.39, 0.29) is 5.82 Å². The van der Waals surface area contributed by atoms with Crippen LogP contribution in [0.3, 0.4) is 0 Å². The number of carbonyl (C=O) groups is 1. The van der Waals surface area contributed by atoms with Crippen molar-refractivity contribution in [3.8, 4) is 11.3 Å². The maximum atomic E-state index is 13.4. The number of ether oxygens (including phenoxy) is 1. The zero-order chi connectivity index (χ0) is 19.0. The highest BCUT2D eigenvalue weighted by Gasteiger charge is 2.26. The van der Waals surface area contributed by atoms with Gasteiger partial charge in [-0.25, -0.2) is 19.2 Å². The van der Waals surface area contributed by atoms with Crippen molar-refractivity contribution < 1.29 is 13.9 Å². The maximum Gasteiger partial charge on any atom is 0.337 e. The van der Waals surface area contributed by atoms with Crippen LogP contribution in [0.2, 0.25) is 0 Å². The Morgan fingerprint density at radius 2 is 1.93 bits per heavy atom. The number of aromatic nitrogens is 2. The van der Waals surface area contributed by atoms with E-state index >= 15 is 0 Å². The third-order valence-electron chi connectivity index (χ3n) is 5.01. The predicted octanol–water partition coefficient (Wildman–Crippen LogP) is 4.21. The number of fused-ring (bicyclic) bond motifs is 1. The number of carbonyl (C=O) groups excluding carboxylic acids is 1. The number of rotatable bonds is 3. The molecular weight excluding hydrogens is 345 g/mol. The van der Waals surface area contributed by atoms with Crippen LogP contribution in [0.25, 0.3) is 22.3 Å². The molecule has 5 nitrogen and oxygen atoms in total. The van der Waals surface area contributed by atoms with Crippen LogP contribution in [0, 0.1) is 5.82 Å². The van der Waals surface area contributed by atoms with Crippen molar-refractivity contribution in [1.82, 2.24) is 9.97 Å². The number of methoxy groups -OCH3 is 1. The van der Waals surface area contributed by atoms with Crippen LogP contribution in [0.4, 0.5) is 10.2 Å². The predicted molar refractivity (Wildman–Crippen MR) is 102 cm³/mol. The highest BCUT2D eigenvalue weighted by Crippen LogP contribution is 2.34. The Hall–Kier alpha value is -3.02. The van der Waals surface area contributed by atoms with Gasteiger partial charge in [-0.05, 0) is 62.2 Å². The Morgan fingerprint density at radius 3 is 2.59 bits per heavy atom. The maximum absolute atomic E-state index is 13.4. The molecule has 0 spiro atoms. The second kappa shape index (κ2) is 6.95. The molecule has 6 heteroatoms. The van der Waals surface area contributed by atoms with E-state index in [0.29, 0.717) is 22.6 Å². The van der Waals surface area contributed by atoms with Gasteiger partial charge in [0, 0.05) is 18.2 Å². The average molecular weight is 365 g/mol. The average Bonchev–Trinajstić information content (AvgIpc) is 3.12. The first-order chi connectivity index (χ1) is 13.1. The van der Waals surface area contributed by atoms with Gasteiger partial charge in [0.15, 0.2) is 5.82 Å². The van der Waals surface area contributed by atoms with Crippen LogP contribution in [-0.2, 0) is 4.74 Å². The SMILES string of the molecule is COC(=O)c1ccc2nc(-c3ccc(F)cc3)c(N3CCCC3C)nc2c1. The third-order valence-corrected chi connectivity index (χ3v) is 5.01. The molecule has 4 rings (SSSR count). The number of hydrogen-bond donors (Lipinski definition) is 0. The van der Waals surface area contributed by atoms with E-state index < -0.39 is 5.97 Å². The van der Waals surface area contributed by atoms with Gasteiger partial charge in [0.05, 0.1) is 23.7 Å². The summed E-state index contributed by atoms with van der Waals surface area (Å²) >= 11 is 0. The standard InChI is InChI=1S/C21H20FN3O2/c1-13-4-3-11-25(13)20-19(14-5-8-16(22)9-6-14)23-17-10-7-15(21(26)27-2)12-18(17)24-20/h5-10,12-13H,3-4,11H2,1-2H3. The van der Waals surface area contributed by atoms with Gasteiger partial charge in [-0.1, -0.05) is 0 Å². The lowest BCUT2D eigenvalue weighted by molar-refractivity contribution is 0.0601. The molecule has 138 valence electrons. The first kappa shape index (κ1) is 17.4. The molecule has 0 amide bonds. The summed E-state index contributed by atoms with van der Waals surface area (Å²) in [5.41, 5.74) is 3.30. The second-order valence-corrected chi connectivity index (χ2v) is 6.78. The van der Waals surface area contributed by atoms with E-state index in [1.807, 2.05) is 0 Å². The summed E-state index contributed by atoms with van der Waals surface area (Å²) in [5.74, 6) is 0.0739. The zero-order valence-electron chi connectivity index (χ0n) is 15.3. The molecule has 3 aromatic rings. The Labute approximate surface area is 156 Å². The molecule has 0 aliphatic carbocycles. The van der Waals surface area contributed by atoms with Crippen molar-refractivity contribution in [1.29, 1.82) is 0 Å². The number of halogens is 1. The van der Waals surface area contributed by atoms with Gasteiger partial charge < -0.3 is 9.64 Å². The van der Waals surface area contributed by atoms with Gasteiger partial charge in [0.25, 0.3) is 0 Å². The normalized spacial score (nSPS) is 16.7. The van der Waals surface area contributed by atoms with E-state index in [1.54, 1.807) is 30.3 Å². The summed E-state index contributed by atoms with van der Waals surface area (Å²) < 4.78 is 18.2. The molecule has 2 heterocycles. The molecule has 1 aliphatic rings.